The number of H-pyrrole nitrogens is 1. The normalized spacial score (nSPS) is 17.1. The average molecular weight is 299 g/mol. The number of aryl methyl sites for hydroxylation is 1. The molecule has 1 atom stereocenters. The summed E-state index contributed by atoms with van der Waals surface area (Å²) in [7, 11) is 2.11. The van der Waals surface area contributed by atoms with E-state index in [0.717, 1.165) is 18.8 Å². The number of hydrogen-bond donors (Lipinski definition) is 2. The second-order valence-corrected chi connectivity index (χ2v) is 5.82. The van der Waals surface area contributed by atoms with E-state index in [1.807, 2.05) is 0 Å². The lowest BCUT2D eigenvalue weighted by Crippen LogP contribution is -2.39. The molecule has 2 aromatic rings. The molecule has 2 N–H and O–H groups in total. The lowest BCUT2D eigenvalue weighted by atomic mass is 9.93. The molecule has 0 radical (unpaired) electrons. The molecule has 1 aliphatic heterocycles. The predicted molar refractivity (Wildman–Crippen MR) is 84.6 cm³/mol. The number of nitrogens with one attached hydrogen (secondary N) is 2. The van der Waals surface area contributed by atoms with Gasteiger partial charge in [0.1, 0.15) is 12.2 Å². The number of anilines is 1. The van der Waals surface area contributed by atoms with Crippen LogP contribution in [0.1, 0.15) is 17.8 Å². The van der Waals surface area contributed by atoms with Crippen molar-refractivity contribution < 1.29 is 4.79 Å². The first kappa shape index (κ1) is 14.6. The number of hydrogen-bond acceptors (Lipinski definition) is 4. The molecule has 0 saturated heterocycles. The maximum absolute atomic E-state index is 11.9. The van der Waals surface area contributed by atoms with Gasteiger partial charge in [0, 0.05) is 38.7 Å². The van der Waals surface area contributed by atoms with Crippen LogP contribution in [0.5, 0.6) is 0 Å². The Bertz CT molecular complexity index is 625. The van der Waals surface area contributed by atoms with Gasteiger partial charge in [0.25, 0.3) is 0 Å². The van der Waals surface area contributed by atoms with E-state index in [-0.39, 0.29) is 5.91 Å². The average Bonchev–Trinajstić information content (AvgIpc) is 3.04. The molecule has 22 heavy (non-hydrogen) atoms. The van der Waals surface area contributed by atoms with Gasteiger partial charge in [-0.25, -0.2) is 4.98 Å². The lowest BCUT2D eigenvalue weighted by molar-refractivity contribution is -0.121. The molecule has 1 aromatic carbocycles. The van der Waals surface area contributed by atoms with E-state index in [1.54, 1.807) is 0 Å². The van der Waals surface area contributed by atoms with Gasteiger partial charge in [0.15, 0.2) is 0 Å². The Balaban J connectivity index is 1.47. The highest BCUT2D eigenvalue weighted by molar-refractivity contribution is 5.76. The van der Waals surface area contributed by atoms with Crippen molar-refractivity contribution >= 4 is 11.6 Å². The largest absolute Gasteiger partial charge is 0.374 e. The Morgan fingerprint density at radius 1 is 1.45 bits per heavy atom. The minimum atomic E-state index is 0.0675. The topological polar surface area (TPSA) is 73.9 Å². The highest BCUT2D eigenvalue weighted by Gasteiger charge is 2.22. The molecule has 0 saturated carbocycles. The Kier molecular flexibility index (Phi) is 4.37. The van der Waals surface area contributed by atoms with Crippen LogP contribution < -0.4 is 10.2 Å². The van der Waals surface area contributed by atoms with Gasteiger partial charge in [0.2, 0.25) is 5.91 Å². The standard InChI is InChI=1S/C16H21N5O/c1-21-10-12(8-13-4-2-3-5-14(13)21)9-17-16(22)7-6-15-18-11-19-20-15/h2-5,11-12H,6-10H2,1H3,(H,17,22)(H,18,19,20). The van der Waals surface area contributed by atoms with Gasteiger partial charge >= 0.3 is 0 Å². The van der Waals surface area contributed by atoms with E-state index in [4.69, 9.17) is 0 Å². The highest BCUT2D eigenvalue weighted by Crippen LogP contribution is 2.27. The van der Waals surface area contributed by atoms with Crippen molar-refractivity contribution in [1.82, 2.24) is 20.5 Å². The van der Waals surface area contributed by atoms with Crippen LogP contribution in [0.3, 0.4) is 0 Å². The fourth-order valence-corrected chi connectivity index (χ4v) is 2.98. The van der Waals surface area contributed by atoms with Crippen molar-refractivity contribution in [3.05, 3.63) is 42.0 Å². The second-order valence-electron chi connectivity index (χ2n) is 5.82. The van der Waals surface area contributed by atoms with Crippen molar-refractivity contribution in [3.63, 3.8) is 0 Å². The smallest absolute Gasteiger partial charge is 0.220 e. The molecule has 0 fully saturated rings. The summed E-state index contributed by atoms with van der Waals surface area (Å²) in [6.45, 7) is 1.69. The first-order chi connectivity index (χ1) is 10.7. The Hall–Kier alpha value is -2.37. The van der Waals surface area contributed by atoms with Crippen molar-refractivity contribution in [2.75, 3.05) is 25.0 Å². The number of carbonyl (C=O) groups is 1. The lowest BCUT2D eigenvalue weighted by Gasteiger charge is -2.33. The Morgan fingerprint density at radius 3 is 3.14 bits per heavy atom. The highest BCUT2D eigenvalue weighted by atomic mass is 16.1. The summed E-state index contributed by atoms with van der Waals surface area (Å²) >= 11 is 0. The van der Waals surface area contributed by atoms with Crippen LogP contribution >= 0.6 is 0 Å². The summed E-state index contributed by atoms with van der Waals surface area (Å²) in [5.41, 5.74) is 2.66. The molecule has 1 amide bonds. The van der Waals surface area contributed by atoms with Crippen molar-refractivity contribution in [1.29, 1.82) is 0 Å². The molecule has 6 heteroatoms. The summed E-state index contributed by atoms with van der Waals surface area (Å²) in [6, 6.07) is 8.47. The summed E-state index contributed by atoms with van der Waals surface area (Å²) in [4.78, 5) is 18.2. The summed E-state index contributed by atoms with van der Waals surface area (Å²) in [6.07, 6.45) is 3.51. The van der Waals surface area contributed by atoms with Crippen LogP contribution in [0.2, 0.25) is 0 Å². The van der Waals surface area contributed by atoms with Crippen molar-refractivity contribution in [3.8, 4) is 0 Å². The molecule has 2 heterocycles. The number of benzene rings is 1. The van der Waals surface area contributed by atoms with Crippen LogP contribution in [-0.4, -0.2) is 41.2 Å². The van der Waals surface area contributed by atoms with Crippen molar-refractivity contribution in [2.24, 2.45) is 5.92 Å². The third-order valence-corrected chi connectivity index (χ3v) is 4.09. The van der Waals surface area contributed by atoms with Gasteiger partial charge in [-0.15, -0.1) is 0 Å². The van der Waals surface area contributed by atoms with Gasteiger partial charge in [-0.3, -0.25) is 9.89 Å². The predicted octanol–water partition coefficient (Wildman–Crippen LogP) is 1.16. The number of aromatic amines is 1. The summed E-state index contributed by atoms with van der Waals surface area (Å²) in [5.74, 6) is 1.27. The van der Waals surface area contributed by atoms with E-state index in [2.05, 4.69) is 56.7 Å². The quantitative estimate of drug-likeness (QED) is 0.869. The zero-order valence-electron chi connectivity index (χ0n) is 12.7. The summed E-state index contributed by atoms with van der Waals surface area (Å²) in [5, 5.41) is 9.58. The van der Waals surface area contributed by atoms with Gasteiger partial charge < -0.3 is 10.2 Å². The van der Waals surface area contributed by atoms with Crippen LogP contribution in [0.25, 0.3) is 0 Å². The van der Waals surface area contributed by atoms with E-state index in [9.17, 15) is 4.79 Å². The van der Waals surface area contributed by atoms with Gasteiger partial charge in [-0.1, -0.05) is 18.2 Å². The van der Waals surface area contributed by atoms with E-state index < -0.39 is 0 Å². The molecular weight excluding hydrogens is 278 g/mol. The number of amides is 1. The first-order valence-corrected chi connectivity index (χ1v) is 7.62. The van der Waals surface area contributed by atoms with E-state index >= 15 is 0 Å². The fourth-order valence-electron chi connectivity index (χ4n) is 2.98. The summed E-state index contributed by atoms with van der Waals surface area (Å²) < 4.78 is 0. The molecule has 116 valence electrons. The SMILES string of the molecule is CN1CC(CNC(=O)CCc2ncn[nH]2)Cc2ccccc21. The van der Waals surface area contributed by atoms with Crippen LogP contribution in [0, 0.1) is 5.92 Å². The second kappa shape index (κ2) is 6.60. The zero-order valence-corrected chi connectivity index (χ0v) is 12.7. The maximum atomic E-state index is 11.9. The third kappa shape index (κ3) is 3.44. The van der Waals surface area contributed by atoms with Crippen LogP contribution in [0.4, 0.5) is 5.69 Å². The molecule has 0 aliphatic carbocycles. The minimum absolute atomic E-state index is 0.0675. The molecule has 0 spiro atoms. The monoisotopic (exact) mass is 299 g/mol. The molecule has 0 bridgehead atoms. The van der Waals surface area contributed by atoms with E-state index in [0.29, 0.717) is 25.3 Å². The number of nitrogens with zero attached hydrogens (tertiary/aromatic N) is 3. The zero-order chi connectivity index (χ0) is 15.4. The molecule has 1 aromatic heterocycles. The fraction of sp³-hybridized carbons (Fsp3) is 0.438. The van der Waals surface area contributed by atoms with Gasteiger partial charge in [-0.05, 0) is 24.0 Å². The molecule has 1 aliphatic rings. The molecule has 3 rings (SSSR count). The number of para-hydroxylation sites is 1. The maximum Gasteiger partial charge on any atom is 0.220 e. The molecular formula is C16H21N5O. The van der Waals surface area contributed by atoms with E-state index in [1.165, 1.54) is 17.6 Å². The molecule has 6 nitrogen and oxygen atoms in total. The van der Waals surface area contributed by atoms with Gasteiger partial charge in [-0.2, -0.15) is 5.10 Å². The number of fused-ring (bicyclic) bond motifs is 1. The number of aromatic nitrogens is 3. The van der Waals surface area contributed by atoms with Gasteiger partial charge in [0.05, 0.1) is 0 Å². The first-order valence-electron chi connectivity index (χ1n) is 7.62. The third-order valence-electron chi connectivity index (χ3n) is 4.09. The van der Waals surface area contributed by atoms with Crippen LogP contribution in [0.15, 0.2) is 30.6 Å². The molecule has 1 unspecified atom stereocenters. The van der Waals surface area contributed by atoms with Crippen molar-refractivity contribution in [2.45, 2.75) is 19.3 Å². The Labute approximate surface area is 129 Å². The minimum Gasteiger partial charge on any atom is -0.374 e. The Morgan fingerprint density at radius 2 is 2.32 bits per heavy atom. The number of rotatable bonds is 5. The number of carbonyl (C=O) groups excluding carboxylic acids is 1. The van der Waals surface area contributed by atoms with Crippen LogP contribution in [-0.2, 0) is 17.6 Å².